The topological polar surface area (TPSA) is 55.1 Å². The van der Waals surface area contributed by atoms with E-state index in [9.17, 15) is 4.79 Å². The fraction of sp³-hybridized carbons (Fsp3) is 0.765. The van der Waals surface area contributed by atoms with Crippen LogP contribution in [0.25, 0.3) is 0 Å². The van der Waals surface area contributed by atoms with Crippen LogP contribution in [0, 0.1) is 5.41 Å². The number of rotatable bonds is 10. The van der Waals surface area contributed by atoms with E-state index >= 15 is 0 Å². The van der Waals surface area contributed by atoms with Gasteiger partial charge in [-0.15, -0.1) is 0 Å². The standard InChI is InChI=1S/C17H30N2O2/c1-5-9-10-11-17(7-3,8-4)13-18-16(20)15-12-14(6-2)21-19-15/h12H,5-11,13H2,1-4H3,(H,18,20). The summed E-state index contributed by atoms with van der Waals surface area (Å²) in [7, 11) is 0. The molecule has 0 atom stereocenters. The number of amides is 1. The lowest BCUT2D eigenvalue weighted by Crippen LogP contribution is -2.37. The molecule has 0 saturated heterocycles. The van der Waals surface area contributed by atoms with E-state index in [1.165, 1.54) is 25.7 Å². The predicted molar refractivity (Wildman–Crippen MR) is 85.4 cm³/mol. The Bertz CT molecular complexity index is 422. The Hall–Kier alpha value is -1.32. The summed E-state index contributed by atoms with van der Waals surface area (Å²) in [5.74, 6) is 0.626. The lowest BCUT2D eigenvalue weighted by Gasteiger charge is -2.32. The van der Waals surface area contributed by atoms with Crippen LogP contribution in [0.2, 0.25) is 0 Å². The van der Waals surface area contributed by atoms with Crippen LogP contribution in [0.4, 0.5) is 0 Å². The highest BCUT2D eigenvalue weighted by Crippen LogP contribution is 2.32. The zero-order valence-electron chi connectivity index (χ0n) is 14.0. The first-order chi connectivity index (χ1) is 10.1. The summed E-state index contributed by atoms with van der Waals surface area (Å²) in [6.45, 7) is 9.35. The lowest BCUT2D eigenvalue weighted by atomic mass is 9.77. The zero-order chi connectivity index (χ0) is 15.7. The number of carbonyl (C=O) groups excluding carboxylic acids is 1. The van der Waals surface area contributed by atoms with E-state index in [0.717, 1.165) is 31.6 Å². The summed E-state index contributed by atoms with van der Waals surface area (Å²) >= 11 is 0. The molecule has 1 aromatic rings. The van der Waals surface area contributed by atoms with Crippen molar-refractivity contribution in [1.29, 1.82) is 0 Å². The third-order valence-electron chi connectivity index (χ3n) is 4.57. The van der Waals surface area contributed by atoms with Crippen molar-refractivity contribution < 1.29 is 9.32 Å². The Balaban J connectivity index is 2.57. The van der Waals surface area contributed by atoms with Crippen molar-refractivity contribution in [3.63, 3.8) is 0 Å². The largest absolute Gasteiger partial charge is 0.361 e. The van der Waals surface area contributed by atoms with Gasteiger partial charge in [0.2, 0.25) is 0 Å². The quantitative estimate of drug-likeness (QED) is 0.652. The third-order valence-corrected chi connectivity index (χ3v) is 4.57. The van der Waals surface area contributed by atoms with Gasteiger partial charge in [0, 0.05) is 19.0 Å². The molecule has 0 saturated carbocycles. The monoisotopic (exact) mass is 294 g/mol. The summed E-state index contributed by atoms with van der Waals surface area (Å²) in [4.78, 5) is 12.1. The number of hydrogen-bond acceptors (Lipinski definition) is 3. The Morgan fingerprint density at radius 3 is 2.48 bits per heavy atom. The van der Waals surface area contributed by atoms with Crippen molar-refractivity contribution in [3.05, 3.63) is 17.5 Å². The summed E-state index contributed by atoms with van der Waals surface area (Å²) < 4.78 is 5.09. The number of hydrogen-bond donors (Lipinski definition) is 1. The van der Waals surface area contributed by atoms with Gasteiger partial charge >= 0.3 is 0 Å². The summed E-state index contributed by atoms with van der Waals surface area (Å²) in [5, 5.41) is 6.87. The molecule has 4 nitrogen and oxygen atoms in total. The second kappa shape index (κ2) is 8.85. The minimum absolute atomic E-state index is 0.125. The van der Waals surface area contributed by atoms with Crippen LogP contribution >= 0.6 is 0 Å². The lowest BCUT2D eigenvalue weighted by molar-refractivity contribution is 0.0911. The molecule has 120 valence electrons. The van der Waals surface area contributed by atoms with E-state index in [1.54, 1.807) is 6.07 Å². The second-order valence-electron chi connectivity index (χ2n) is 5.88. The molecule has 21 heavy (non-hydrogen) atoms. The molecule has 1 aromatic heterocycles. The van der Waals surface area contributed by atoms with Crippen LogP contribution in [0.1, 0.15) is 82.5 Å². The molecular formula is C17H30N2O2. The van der Waals surface area contributed by atoms with Crippen molar-refractivity contribution in [3.8, 4) is 0 Å². The van der Waals surface area contributed by atoms with E-state index in [0.29, 0.717) is 5.69 Å². The highest BCUT2D eigenvalue weighted by Gasteiger charge is 2.26. The Kier molecular flexibility index (Phi) is 7.48. The molecule has 0 bridgehead atoms. The summed E-state index contributed by atoms with van der Waals surface area (Å²) in [6, 6.07) is 1.73. The van der Waals surface area contributed by atoms with Gasteiger partial charge in [-0.3, -0.25) is 4.79 Å². The zero-order valence-corrected chi connectivity index (χ0v) is 14.0. The molecule has 0 unspecified atom stereocenters. The molecule has 1 rings (SSSR count). The van der Waals surface area contributed by atoms with Crippen molar-refractivity contribution in [2.75, 3.05) is 6.54 Å². The normalized spacial score (nSPS) is 11.6. The molecule has 1 amide bonds. The molecule has 0 fully saturated rings. The Labute approximate surface area is 128 Å². The van der Waals surface area contributed by atoms with Crippen LogP contribution < -0.4 is 5.32 Å². The van der Waals surface area contributed by atoms with E-state index < -0.39 is 0 Å². The number of nitrogens with zero attached hydrogens (tertiary/aromatic N) is 1. The average molecular weight is 294 g/mol. The highest BCUT2D eigenvalue weighted by atomic mass is 16.5. The minimum atomic E-state index is -0.125. The van der Waals surface area contributed by atoms with E-state index in [2.05, 4.69) is 31.2 Å². The van der Waals surface area contributed by atoms with Crippen molar-refractivity contribution in [2.24, 2.45) is 5.41 Å². The average Bonchev–Trinajstić information content (AvgIpc) is 3.00. The highest BCUT2D eigenvalue weighted by molar-refractivity contribution is 5.92. The third kappa shape index (κ3) is 5.18. The molecule has 0 aliphatic rings. The van der Waals surface area contributed by atoms with Crippen molar-refractivity contribution >= 4 is 5.91 Å². The maximum atomic E-state index is 12.1. The van der Waals surface area contributed by atoms with Crippen LogP contribution in [0.3, 0.4) is 0 Å². The van der Waals surface area contributed by atoms with Gasteiger partial charge in [-0.05, 0) is 24.7 Å². The molecule has 1 heterocycles. The molecule has 0 aliphatic carbocycles. The number of carbonyl (C=O) groups is 1. The van der Waals surface area contributed by atoms with Gasteiger partial charge in [-0.25, -0.2) is 0 Å². The van der Waals surface area contributed by atoms with Gasteiger partial charge in [-0.1, -0.05) is 52.1 Å². The van der Waals surface area contributed by atoms with Crippen LogP contribution in [0.5, 0.6) is 0 Å². The van der Waals surface area contributed by atoms with Crippen LogP contribution in [-0.2, 0) is 6.42 Å². The molecule has 1 N–H and O–H groups in total. The van der Waals surface area contributed by atoms with Gasteiger partial charge in [0.1, 0.15) is 5.76 Å². The SMILES string of the molecule is CCCCCC(CC)(CC)CNC(=O)c1cc(CC)on1. The second-order valence-corrected chi connectivity index (χ2v) is 5.88. The first kappa shape index (κ1) is 17.7. The van der Waals surface area contributed by atoms with Crippen LogP contribution in [0.15, 0.2) is 10.6 Å². The Morgan fingerprint density at radius 2 is 1.95 bits per heavy atom. The van der Waals surface area contributed by atoms with Crippen molar-refractivity contribution in [1.82, 2.24) is 10.5 Å². The summed E-state index contributed by atoms with van der Waals surface area (Å²) in [5.41, 5.74) is 0.601. The number of nitrogens with one attached hydrogen (secondary N) is 1. The maximum Gasteiger partial charge on any atom is 0.273 e. The van der Waals surface area contributed by atoms with Gasteiger partial charge in [0.25, 0.3) is 5.91 Å². The number of unbranched alkanes of at least 4 members (excludes halogenated alkanes) is 2. The molecule has 4 heteroatoms. The van der Waals surface area contributed by atoms with Gasteiger partial charge < -0.3 is 9.84 Å². The van der Waals surface area contributed by atoms with Crippen molar-refractivity contribution in [2.45, 2.75) is 72.6 Å². The van der Waals surface area contributed by atoms with E-state index in [4.69, 9.17) is 4.52 Å². The number of aryl methyl sites for hydroxylation is 1. The van der Waals surface area contributed by atoms with Crippen LogP contribution in [-0.4, -0.2) is 17.6 Å². The molecular weight excluding hydrogens is 264 g/mol. The summed E-state index contributed by atoms with van der Waals surface area (Å²) in [6.07, 6.45) is 7.84. The molecule has 0 aromatic carbocycles. The fourth-order valence-electron chi connectivity index (χ4n) is 2.64. The molecule has 0 aliphatic heterocycles. The van der Waals surface area contributed by atoms with E-state index in [1.807, 2.05) is 6.92 Å². The Morgan fingerprint density at radius 1 is 1.24 bits per heavy atom. The first-order valence-electron chi connectivity index (χ1n) is 8.34. The first-order valence-corrected chi connectivity index (χ1v) is 8.34. The number of aromatic nitrogens is 1. The van der Waals surface area contributed by atoms with E-state index in [-0.39, 0.29) is 11.3 Å². The molecule has 0 radical (unpaired) electrons. The molecule has 0 spiro atoms. The predicted octanol–water partition coefficient (Wildman–Crippen LogP) is 4.35. The van der Waals surface area contributed by atoms with Gasteiger partial charge in [0.15, 0.2) is 5.69 Å². The smallest absolute Gasteiger partial charge is 0.273 e. The fourth-order valence-corrected chi connectivity index (χ4v) is 2.64. The maximum absolute atomic E-state index is 12.1. The van der Waals surface area contributed by atoms with Gasteiger partial charge in [0.05, 0.1) is 0 Å². The van der Waals surface area contributed by atoms with Gasteiger partial charge in [-0.2, -0.15) is 0 Å². The minimum Gasteiger partial charge on any atom is -0.361 e.